The average Bonchev–Trinajstić information content (AvgIpc) is 2.95. The van der Waals surface area contributed by atoms with Crippen LogP contribution in [0.15, 0.2) is 30.3 Å². The Hall–Kier alpha value is -1.68. The fourth-order valence-corrected chi connectivity index (χ4v) is 4.18. The SMILES string of the molecule is N#Cc1ccccc1N1CCCN(CC(=O)Nc2c(Cl)c(Cl)cc(Cl)c2Cl)CC1. The van der Waals surface area contributed by atoms with Crippen LogP contribution in [0.1, 0.15) is 12.0 Å². The molecule has 0 radical (unpaired) electrons. The summed E-state index contributed by atoms with van der Waals surface area (Å²) in [5, 5.41) is 12.8. The van der Waals surface area contributed by atoms with E-state index in [2.05, 4.69) is 21.2 Å². The second-order valence-corrected chi connectivity index (χ2v) is 8.21. The quantitative estimate of drug-likeness (QED) is 0.612. The molecule has 3 rings (SSSR count). The van der Waals surface area contributed by atoms with Gasteiger partial charge < -0.3 is 10.2 Å². The van der Waals surface area contributed by atoms with Crippen LogP contribution in [0.2, 0.25) is 20.1 Å². The zero-order chi connectivity index (χ0) is 21.0. The van der Waals surface area contributed by atoms with E-state index in [0.29, 0.717) is 12.1 Å². The number of para-hydroxylation sites is 1. The van der Waals surface area contributed by atoms with Gasteiger partial charge in [0.1, 0.15) is 6.07 Å². The van der Waals surface area contributed by atoms with Crippen molar-refractivity contribution >= 4 is 63.7 Å². The molecule has 1 aliphatic heterocycles. The standard InChI is InChI=1S/C20H18Cl4N4O/c21-14-10-15(22)19(24)20(18(14)23)26-17(29)12-27-6-3-7-28(9-8-27)16-5-2-1-4-13(16)11-25/h1-2,4-5,10H,3,6-9,12H2,(H,26,29). The molecule has 1 N–H and O–H groups in total. The number of nitrogens with one attached hydrogen (secondary N) is 1. The Morgan fingerprint density at radius 3 is 2.41 bits per heavy atom. The fraction of sp³-hybridized carbons (Fsp3) is 0.300. The van der Waals surface area contributed by atoms with Crippen LogP contribution in [-0.4, -0.2) is 43.5 Å². The molecular weight excluding hydrogens is 454 g/mol. The van der Waals surface area contributed by atoms with Crippen LogP contribution >= 0.6 is 46.4 Å². The van der Waals surface area contributed by atoms with Crippen LogP contribution in [-0.2, 0) is 4.79 Å². The smallest absolute Gasteiger partial charge is 0.238 e. The fourth-order valence-electron chi connectivity index (χ4n) is 3.28. The third kappa shape index (κ3) is 5.28. The molecule has 0 bridgehead atoms. The van der Waals surface area contributed by atoms with Crippen LogP contribution < -0.4 is 10.2 Å². The van der Waals surface area contributed by atoms with Crippen molar-refractivity contribution in [1.29, 1.82) is 5.26 Å². The molecule has 0 aromatic heterocycles. The molecule has 0 aliphatic carbocycles. The normalized spacial score (nSPS) is 14.9. The second-order valence-electron chi connectivity index (χ2n) is 6.64. The monoisotopic (exact) mass is 470 g/mol. The van der Waals surface area contributed by atoms with Gasteiger partial charge in [-0.05, 0) is 24.6 Å². The van der Waals surface area contributed by atoms with E-state index in [1.165, 1.54) is 6.07 Å². The van der Waals surface area contributed by atoms with E-state index in [1.807, 2.05) is 24.3 Å². The summed E-state index contributed by atoms with van der Waals surface area (Å²) in [6, 6.07) is 11.2. The Balaban J connectivity index is 1.64. The lowest BCUT2D eigenvalue weighted by Gasteiger charge is -2.24. The Morgan fingerprint density at radius 2 is 1.72 bits per heavy atom. The molecule has 0 spiro atoms. The maximum Gasteiger partial charge on any atom is 0.238 e. The summed E-state index contributed by atoms with van der Waals surface area (Å²) in [4.78, 5) is 16.8. The topological polar surface area (TPSA) is 59.4 Å². The highest BCUT2D eigenvalue weighted by atomic mass is 35.5. The van der Waals surface area contributed by atoms with Crippen LogP contribution in [0.25, 0.3) is 0 Å². The summed E-state index contributed by atoms with van der Waals surface area (Å²) in [5.74, 6) is -0.252. The molecule has 0 saturated carbocycles. The number of hydrogen-bond donors (Lipinski definition) is 1. The molecule has 152 valence electrons. The number of carbonyl (C=O) groups excluding carboxylic acids is 1. The van der Waals surface area contributed by atoms with Gasteiger partial charge in [-0.15, -0.1) is 0 Å². The minimum atomic E-state index is -0.252. The minimum Gasteiger partial charge on any atom is -0.369 e. The summed E-state index contributed by atoms with van der Waals surface area (Å²) in [7, 11) is 0. The van der Waals surface area contributed by atoms with E-state index < -0.39 is 0 Å². The van der Waals surface area contributed by atoms with Crippen molar-refractivity contribution in [2.45, 2.75) is 6.42 Å². The van der Waals surface area contributed by atoms with E-state index in [4.69, 9.17) is 46.4 Å². The average molecular weight is 472 g/mol. The van der Waals surface area contributed by atoms with Crippen LogP contribution in [0, 0.1) is 11.3 Å². The predicted molar refractivity (Wildman–Crippen MR) is 120 cm³/mol. The van der Waals surface area contributed by atoms with Gasteiger partial charge in [-0.1, -0.05) is 58.5 Å². The molecule has 2 aromatic carbocycles. The third-order valence-corrected chi connectivity index (χ3v) is 6.27. The highest BCUT2D eigenvalue weighted by Crippen LogP contribution is 2.41. The minimum absolute atomic E-state index is 0.157. The van der Waals surface area contributed by atoms with Gasteiger partial charge in [0.2, 0.25) is 5.91 Å². The van der Waals surface area contributed by atoms with E-state index in [-0.39, 0.29) is 38.2 Å². The molecule has 1 saturated heterocycles. The molecule has 29 heavy (non-hydrogen) atoms. The maximum atomic E-state index is 12.6. The van der Waals surface area contributed by atoms with Gasteiger partial charge in [-0.3, -0.25) is 9.69 Å². The van der Waals surface area contributed by atoms with Crippen molar-refractivity contribution in [1.82, 2.24) is 4.90 Å². The predicted octanol–water partition coefficient (Wildman–Crippen LogP) is 5.32. The Labute approximate surface area is 189 Å². The summed E-state index contributed by atoms with van der Waals surface area (Å²) in [5.41, 5.74) is 1.80. The number of nitriles is 1. The van der Waals surface area contributed by atoms with Crippen LogP contribution in [0.5, 0.6) is 0 Å². The van der Waals surface area contributed by atoms with Gasteiger partial charge in [0, 0.05) is 26.2 Å². The Bertz CT molecular complexity index is 934. The number of nitrogens with zero attached hydrogens (tertiary/aromatic N) is 3. The van der Waals surface area contributed by atoms with Crippen molar-refractivity contribution in [3.8, 4) is 6.07 Å². The van der Waals surface area contributed by atoms with Gasteiger partial charge in [0.05, 0.1) is 43.6 Å². The number of amides is 1. The number of benzene rings is 2. The number of carbonyl (C=O) groups is 1. The highest BCUT2D eigenvalue weighted by molar-refractivity contribution is 6.50. The van der Waals surface area contributed by atoms with Gasteiger partial charge >= 0.3 is 0 Å². The lowest BCUT2D eigenvalue weighted by atomic mass is 10.1. The molecular formula is C20H18Cl4N4O. The molecule has 1 aliphatic rings. The third-order valence-electron chi connectivity index (χ3n) is 4.70. The van der Waals surface area contributed by atoms with Crippen molar-refractivity contribution in [2.24, 2.45) is 0 Å². The number of hydrogen-bond acceptors (Lipinski definition) is 4. The van der Waals surface area contributed by atoms with Gasteiger partial charge in [-0.25, -0.2) is 0 Å². The number of halogens is 4. The van der Waals surface area contributed by atoms with E-state index >= 15 is 0 Å². The Kier molecular flexibility index (Phi) is 7.50. The first-order valence-electron chi connectivity index (χ1n) is 9.00. The van der Waals surface area contributed by atoms with Crippen LogP contribution in [0.3, 0.4) is 0 Å². The molecule has 2 aromatic rings. The summed E-state index contributed by atoms with van der Waals surface area (Å²) in [6.07, 6.45) is 0.873. The Morgan fingerprint density at radius 1 is 1.03 bits per heavy atom. The largest absolute Gasteiger partial charge is 0.369 e. The van der Waals surface area contributed by atoms with Crippen molar-refractivity contribution in [3.05, 3.63) is 56.0 Å². The van der Waals surface area contributed by atoms with Gasteiger partial charge in [0.15, 0.2) is 0 Å². The summed E-state index contributed by atoms with van der Waals surface area (Å²) in [6.45, 7) is 3.17. The van der Waals surface area contributed by atoms with E-state index in [0.717, 1.165) is 31.7 Å². The van der Waals surface area contributed by atoms with E-state index in [9.17, 15) is 10.1 Å². The van der Waals surface area contributed by atoms with E-state index in [1.54, 1.807) is 0 Å². The summed E-state index contributed by atoms with van der Waals surface area (Å²) >= 11 is 24.4. The first-order chi connectivity index (χ1) is 13.9. The number of rotatable bonds is 4. The second kappa shape index (κ2) is 9.88. The zero-order valence-electron chi connectivity index (χ0n) is 15.4. The van der Waals surface area contributed by atoms with Crippen molar-refractivity contribution in [3.63, 3.8) is 0 Å². The molecule has 9 heteroatoms. The lowest BCUT2D eigenvalue weighted by molar-refractivity contribution is -0.117. The van der Waals surface area contributed by atoms with Gasteiger partial charge in [-0.2, -0.15) is 5.26 Å². The molecule has 1 amide bonds. The first kappa shape index (κ1) is 22.0. The van der Waals surface area contributed by atoms with Crippen molar-refractivity contribution < 1.29 is 4.79 Å². The maximum absolute atomic E-state index is 12.6. The van der Waals surface area contributed by atoms with Gasteiger partial charge in [0.25, 0.3) is 0 Å². The molecule has 1 heterocycles. The lowest BCUT2D eigenvalue weighted by Crippen LogP contribution is -2.36. The molecule has 1 fully saturated rings. The molecule has 5 nitrogen and oxygen atoms in total. The highest BCUT2D eigenvalue weighted by Gasteiger charge is 2.21. The van der Waals surface area contributed by atoms with Crippen molar-refractivity contribution in [2.75, 3.05) is 42.9 Å². The zero-order valence-corrected chi connectivity index (χ0v) is 18.4. The number of anilines is 2. The van der Waals surface area contributed by atoms with Crippen LogP contribution in [0.4, 0.5) is 11.4 Å². The first-order valence-corrected chi connectivity index (χ1v) is 10.5. The summed E-state index contributed by atoms with van der Waals surface area (Å²) < 4.78 is 0. The molecule has 0 unspecified atom stereocenters. The molecule has 0 atom stereocenters.